The van der Waals surface area contributed by atoms with Crippen LogP contribution in [0.15, 0.2) is 72.8 Å². The van der Waals surface area contributed by atoms with Gasteiger partial charge in [0.2, 0.25) is 21.8 Å². The first-order chi connectivity index (χ1) is 18.3. The van der Waals surface area contributed by atoms with Crippen molar-refractivity contribution < 1.29 is 22.4 Å². The summed E-state index contributed by atoms with van der Waals surface area (Å²) >= 11 is 0. The van der Waals surface area contributed by atoms with E-state index in [0.717, 1.165) is 21.7 Å². The van der Waals surface area contributed by atoms with Gasteiger partial charge in [0.25, 0.3) is 0 Å². The normalized spacial score (nSPS) is 12.2. The Balaban J connectivity index is 2.07. The zero-order valence-corrected chi connectivity index (χ0v) is 23.8. The van der Waals surface area contributed by atoms with Crippen LogP contribution in [0.5, 0.6) is 0 Å². The maximum absolute atomic E-state index is 14.0. The highest BCUT2D eigenvalue weighted by atomic mass is 32.2. The Bertz CT molecular complexity index is 1390. The summed E-state index contributed by atoms with van der Waals surface area (Å²) < 4.78 is 40.5. The molecular weight excluding hydrogens is 517 g/mol. The maximum atomic E-state index is 14.0. The number of benzene rings is 3. The van der Waals surface area contributed by atoms with Crippen LogP contribution in [-0.4, -0.2) is 50.0 Å². The van der Waals surface area contributed by atoms with E-state index in [1.807, 2.05) is 57.2 Å². The molecule has 0 spiro atoms. The highest BCUT2D eigenvalue weighted by Crippen LogP contribution is 2.25. The van der Waals surface area contributed by atoms with E-state index in [9.17, 15) is 22.4 Å². The molecule has 3 rings (SSSR count). The Kier molecular flexibility index (Phi) is 9.86. The third-order valence-corrected chi connectivity index (χ3v) is 7.39. The largest absolute Gasteiger partial charge is 0.352 e. The number of nitrogens with zero attached hydrogens (tertiary/aromatic N) is 2. The van der Waals surface area contributed by atoms with Crippen LogP contribution in [0, 0.1) is 19.7 Å². The first kappa shape index (κ1) is 29.8. The number of anilines is 1. The van der Waals surface area contributed by atoms with E-state index in [-0.39, 0.29) is 24.9 Å². The summed E-state index contributed by atoms with van der Waals surface area (Å²) in [5.74, 6) is -1.33. The minimum Gasteiger partial charge on any atom is -0.352 e. The number of hydrogen-bond donors (Lipinski definition) is 1. The molecule has 208 valence electrons. The van der Waals surface area contributed by atoms with Crippen molar-refractivity contribution in [2.75, 3.05) is 17.1 Å². The maximum Gasteiger partial charge on any atom is 0.244 e. The number of halogens is 1. The lowest BCUT2D eigenvalue weighted by Gasteiger charge is -2.34. The van der Waals surface area contributed by atoms with Gasteiger partial charge in [0, 0.05) is 19.0 Å². The van der Waals surface area contributed by atoms with E-state index < -0.39 is 34.3 Å². The van der Waals surface area contributed by atoms with Crippen molar-refractivity contribution in [2.45, 2.75) is 52.7 Å². The number of aryl methyl sites for hydroxylation is 2. The second kappa shape index (κ2) is 12.9. The van der Waals surface area contributed by atoms with Crippen molar-refractivity contribution in [3.63, 3.8) is 0 Å². The zero-order valence-electron chi connectivity index (χ0n) is 23.0. The standard InChI is InChI=1S/C30H36FN3O4S/c1-21(2)32-30(36)28(18-24-9-7-6-8-10-24)33(19-25-12-14-26(31)15-13-25)29(35)20-34(39(5,37)38)27-16-11-22(3)17-23(27)4/h6-17,21,28H,18-20H2,1-5H3,(H,32,36)/t28-/m0/s1. The molecule has 0 saturated heterocycles. The van der Waals surface area contributed by atoms with Crippen molar-refractivity contribution in [1.29, 1.82) is 0 Å². The van der Waals surface area contributed by atoms with Gasteiger partial charge >= 0.3 is 0 Å². The topological polar surface area (TPSA) is 86.8 Å². The summed E-state index contributed by atoms with van der Waals surface area (Å²) in [4.78, 5) is 28.9. The van der Waals surface area contributed by atoms with Gasteiger partial charge in [-0.25, -0.2) is 12.8 Å². The molecule has 3 aromatic rings. The second-order valence-electron chi connectivity index (χ2n) is 10.1. The smallest absolute Gasteiger partial charge is 0.244 e. The lowest BCUT2D eigenvalue weighted by molar-refractivity contribution is -0.140. The van der Waals surface area contributed by atoms with Crippen LogP contribution in [0.3, 0.4) is 0 Å². The van der Waals surface area contributed by atoms with Gasteiger partial charge in [-0.15, -0.1) is 0 Å². The first-order valence-electron chi connectivity index (χ1n) is 12.8. The molecule has 0 saturated carbocycles. The molecule has 0 aromatic heterocycles. The molecule has 0 aliphatic heterocycles. The Hall–Kier alpha value is -3.72. The van der Waals surface area contributed by atoms with Gasteiger partial charge in [-0.3, -0.25) is 13.9 Å². The Morgan fingerprint density at radius 3 is 2.13 bits per heavy atom. The van der Waals surface area contributed by atoms with Crippen LogP contribution in [0.4, 0.5) is 10.1 Å². The predicted octanol–water partition coefficient (Wildman–Crippen LogP) is 4.37. The van der Waals surface area contributed by atoms with E-state index in [4.69, 9.17) is 0 Å². The minimum atomic E-state index is -3.85. The van der Waals surface area contributed by atoms with Crippen molar-refractivity contribution >= 4 is 27.5 Å². The highest BCUT2D eigenvalue weighted by Gasteiger charge is 2.33. The lowest BCUT2D eigenvalue weighted by Crippen LogP contribution is -2.54. The van der Waals surface area contributed by atoms with Crippen LogP contribution in [0.1, 0.15) is 36.1 Å². The second-order valence-corrected chi connectivity index (χ2v) is 12.0. The molecule has 3 aromatic carbocycles. The molecule has 0 bridgehead atoms. The first-order valence-corrected chi connectivity index (χ1v) is 14.6. The third-order valence-electron chi connectivity index (χ3n) is 6.27. The molecular formula is C30H36FN3O4S. The Morgan fingerprint density at radius 2 is 1.56 bits per heavy atom. The van der Waals surface area contributed by atoms with Crippen LogP contribution in [-0.2, 0) is 32.6 Å². The predicted molar refractivity (Wildman–Crippen MR) is 152 cm³/mol. The molecule has 0 aliphatic carbocycles. The van der Waals surface area contributed by atoms with E-state index in [1.165, 1.54) is 17.0 Å². The molecule has 0 radical (unpaired) electrons. The Morgan fingerprint density at radius 1 is 0.923 bits per heavy atom. The van der Waals surface area contributed by atoms with Crippen molar-refractivity contribution in [3.8, 4) is 0 Å². The van der Waals surface area contributed by atoms with Crippen molar-refractivity contribution in [3.05, 3.63) is 101 Å². The van der Waals surface area contributed by atoms with Crippen LogP contribution in [0.2, 0.25) is 0 Å². The van der Waals surface area contributed by atoms with Gasteiger partial charge in [-0.05, 0) is 62.6 Å². The number of nitrogens with one attached hydrogen (secondary N) is 1. The fraction of sp³-hybridized carbons (Fsp3) is 0.333. The van der Waals surface area contributed by atoms with Crippen LogP contribution >= 0.6 is 0 Å². The highest BCUT2D eigenvalue weighted by molar-refractivity contribution is 7.92. The number of rotatable bonds is 11. The average molecular weight is 554 g/mol. The fourth-order valence-corrected chi connectivity index (χ4v) is 5.31. The number of sulfonamides is 1. The molecule has 2 amide bonds. The van der Waals surface area contributed by atoms with E-state index >= 15 is 0 Å². The van der Waals surface area contributed by atoms with Gasteiger partial charge in [0.05, 0.1) is 11.9 Å². The number of amides is 2. The number of carbonyl (C=O) groups excluding carboxylic acids is 2. The monoisotopic (exact) mass is 553 g/mol. The van der Waals surface area contributed by atoms with E-state index in [2.05, 4.69) is 5.32 Å². The molecule has 0 heterocycles. The summed E-state index contributed by atoms with van der Waals surface area (Å²) in [5.41, 5.74) is 3.51. The summed E-state index contributed by atoms with van der Waals surface area (Å²) in [6.45, 7) is 6.84. The number of hydrogen-bond acceptors (Lipinski definition) is 4. The fourth-order valence-electron chi connectivity index (χ4n) is 4.40. The average Bonchev–Trinajstić information content (AvgIpc) is 2.85. The van der Waals surface area contributed by atoms with Gasteiger partial charge in [-0.2, -0.15) is 0 Å². The molecule has 1 N–H and O–H groups in total. The van der Waals surface area contributed by atoms with E-state index in [1.54, 1.807) is 31.2 Å². The summed E-state index contributed by atoms with van der Waals surface area (Å²) in [6, 6.07) is 19.2. The van der Waals surface area contributed by atoms with Gasteiger partial charge in [0.15, 0.2) is 0 Å². The zero-order chi connectivity index (χ0) is 28.7. The molecule has 0 aliphatic rings. The third kappa shape index (κ3) is 8.38. The van der Waals surface area contributed by atoms with Crippen LogP contribution < -0.4 is 9.62 Å². The minimum absolute atomic E-state index is 0.00733. The Labute approximate surface area is 230 Å². The molecule has 39 heavy (non-hydrogen) atoms. The van der Waals surface area contributed by atoms with Gasteiger partial charge in [-0.1, -0.05) is 60.2 Å². The molecule has 0 fully saturated rings. The molecule has 9 heteroatoms. The quantitative estimate of drug-likeness (QED) is 0.382. The van der Waals surface area contributed by atoms with Gasteiger partial charge in [0.1, 0.15) is 18.4 Å². The van der Waals surface area contributed by atoms with Crippen LogP contribution in [0.25, 0.3) is 0 Å². The number of carbonyl (C=O) groups is 2. The summed E-state index contributed by atoms with van der Waals surface area (Å²) in [7, 11) is -3.85. The molecule has 0 unspecified atom stereocenters. The van der Waals surface area contributed by atoms with Crippen molar-refractivity contribution in [2.24, 2.45) is 0 Å². The van der Waals surface area contributed by atoms with E-state index in [0.29, 0.717) is 16.8 Å². The summed E-state index contributed by atoms with van der Waals surface area (Å²) in [6.07, 6.45) is 1.27. The summed E-state index contributed by atoms with van der Waals surface area (Å²) in [5, 5.41) is 2.90. The molecule has 1 atom stereocenters. The van der Waals surface area contributed by atoms with Crippen molar-refractivity contribution in [1.82, 2.24) is 10.2 Å². The lowest BCUT2D eigenvalue weighted by atomic mass is 10.0. The van der Waals surface area contributed by atoms with Gasteiger partial charge < -0.3 is 10.2 Å². The SMILES string of the molecule is Cc1ccc(N(CC(=O)N(Cc2ccc(F)cc2)[C@@H](Cc2ccccc2)C(=O)NC(C)C)S(C)(=O)=O)c(C)c1. The molecule has 7 nitrogen and oxygen atoms in total.